The van der Waals surface area contributed by atoms with Crippen LogP contribution in [0.25, 0.3) is 0 Å². The molecule has 2 aliphatic heterocycles. The molecule has 2 heterocycles. The Kier molecular flexibility index (Phi) is 3.65. The largest absolute Gasteiger partial charge is 0.363 e. The van der Waals surface area contributed by atoms with Crippen molar-refractivity contribution in [3.8, 4) is 0 Å². The number of benzene rings is 2. The van der Waals surface area contributed by atoms with E-state index >= 15 is 0 Å². The summed E-state index contributed by atoms with van der Waals surface area (Å²) >= 11 is 0. The molecule has 8 heteroatoms. The Morgan fingerprint density at radius 3 is 2.08 bits per heavy atom. The molecular weight excluding hydrogens is 338 g/mol. The van der Waals surface area contributed by atoms with Crippen LogP contribution in [0.5, 0.6) is 0 Å². The number of nitrogens with zero attached hydrogens (tertiary/aromatic N) is 2. The molecule has 0 atom stereocenters. The van der Waals surface area contributed by atoms with E-state index in [2.05, 4.69) is 5.32 Å². The van der Waals surface area contributed by atoms with Gasteiger partial charge in [-0.3, -0.25) is 14.5 Å². The second-order valence-electron chi connectivity index (χ2n) is 5.76. The standard InChI is InChI=1S/C18H13N3O5/c22-15-13-3-1-2-4-14(13)16(23)21(15)26-17(24)11-5-7-12(8-6-11)20-10-9-19-18(20)25/h1-8H,9-10H2,(H,19,25). The molecule has 0 bridgehead atoms. The van der Waals surface area contributed by atoms with Crippen molar-refractivity contribution in [2.45, 2.75) is 0 Å². The maximum Gasteiger partial charge on any atom is 0.363 e. The predicted molar refractivity (Wildman–Crippen MR) is 89.5 cm³/mol. The topological polar surface area (TPSA) is 96.0 Å². The molecule has 2 aromatic carbocycles. The smallest absolute Gasteiger partial charge is 0.336 e. The highest BCUT2D eigenvalue weighted by Gasteiger charge is 2.38. The normalized spacial score (nSPS) is 15.9. The van der Waals surface area contributed by atoms with Crippen LogP contribution < -0.4 is 10.2 Å². The molecule has 8 nitrogen and oxygen atoms in total. The maximum absolute atomic E-state index is 12.3. The van der Waals surface area contributed by atoms with E-state index in [0.717, 1.165) is 0 Å². The molecule has 130 valence electrons. The number of hydrogen-bond donors (Lipinski definition) is 1. The van der Waals surface area contributed by atoms with Crippen LogP contribution in [-0.4, -0.2) is 42.0 Å². The Morgan fingerprint density at radius 1 is 0.923 bits per heavy atom. The van der Waals surface area contributed by atoms with Gasteiger partial charge in [0.25, 0.3) is 11.8 Å². The van der Waals surface area contributed by atoms with E-state index in [4.69, 9.17) is 4.84 Å². The first kappa shape index (κ1) is 15.8. The lowest BCUT2D eigenvalue weighted by Gasteiger charge is -2.15. The summed E-state index contributed by atoms with van der Waals surface area (Å²) in [5.41, 5.74) is 1.18. The quantitative estimate of drug-likeness (QED) is 0.847. The molecule has 0 aromatic heterocycles. The van der Waals surface area contributed by atoms with Crippen molar-refractivity contribution in [2.24, 2.45) is 0 Å². The summed E-state index contributed by atoms with van der Waals surface area (Å²) in [6, 6.07) is 12.2. The second-order valence-corrected chi connectivity index (χ2v) is 5.76. The average Bonchev–Trinajstić information content (AvgIpc) is 3.19. The van der Waals surface area contributed by atoms with Crippen LogP contribution in [0.15, 0.2) is 48.5 Å². The average molecular weight is 351 g/mol. The number of carbonyl (C=O) groups excluding carboxylic acids is 4. The van der Waals surface area contributed by atoms with Crippen molar-refractivity contribution in [3.05, 3.63) is 65.2 Å². The molecule has 0 aliphatic carbocycles. The molecule has 0 saturated carbocycles. The van der Waals surface area contributed by atoms with Crippen molar-refractivity contribution >= 4 is 29.5 Å². The number of rotatable bonds is 3. The van der Waals surface area contributed by atoms with E-state index in [0.29, 0.717) is 23.8 Å². The third kappa shape index (κ3) is 2.48. The molecule has 0 radical (unpaired) electrons. The monoisotopic (exact) mass is 351 g/mol. The van der Waals surface area contributed by atoms with E-state index < -0.39 is 17.8 Å². The van der Waals surface area contributed by atoms with Crippen LogP contribution in [0.4, 0.5) is 10.5 Å². The summed E-state index contributed by atoms with van der Waals surface area (Å²) in [6.07, 6.45) is 0. The molecular formula is C18H13N3O5. The number of amides is 4. The first-order valence-corrected chi connectivity index (χ1v) is 7.92. The zero-order chi connectivity index (χ0) is 18.3. The zero-order valence-electron chi connectivity index (χ0n) is 13.5. The first-order valence-electron chi connectivity index (χ1n) is 7.92. The van der Waals surface area contributed by atoms with Gasteiger partial charge in [-0.15, -0.1) is 0 Å². The number of hydroxylamine groups is 2. The molecule has 4 amide bonds. The van der Waals surface area contributed by atoms with Crippen LogP contribution in [0.3, 0.4) is 0 Å². The lowest BCUT2D eigenvalue weighted by atomic mass is 10.1. The van der Waals surface area contributed by atoms with Crippen LogP contribution in [0, 0.1) is 0 Å². The van der Waals surface area contributed by atoms with E-state index in [-0.39, 0.29) is 22.7 Å². The first-order chi connectivity index (χ1) is 12.6. The fraction of sp³-hybridized carbons (Fsp3) is 0.111. The number of carbonyl (C=O) groups is 4. The van der Waals surface area contributed by atoms with Gasteiger partial charge in [0.05, 0.1) is 16.7 Å². The molecule has 2 aliphatic rings. The molecule has 1 saturated heterocycles. The summed E-state index contributed by atoms with van der Waals surface area (Å²) in [4.78, 5) is 54.9. The van der Waals surface area contributed by atoms with Gasteiger partial charge in [-0.2, -0.15) is 0 Å². The second kappa shape index (κ2) is 5.99. The summed E-state index contributed by atoms with van der Waals surface area (Å²) in [5.74, 6) is -2.19. The van der Waals surface area contributed by atoms with Crippen LogP contribution in [0.1, 0.15) is 31.1 Å². The van der Waals surface area contributed by atoms with Gasteiger partial charge in [0, 0.05) is 18.8 Å². The molecule has 2 aromatic rings. The van der Waals surface area contributed by atoms with Gasteiger partial charge in [0.1, 0.15) is 0 Å². The Balaban J connectivity index is 1.50. The predicted octanol–water partition coefficient (Wildman–Crippen LogP) is 1.58. The number of hydrogen-bond acceptors (Lipinski definition) is 5. The highest BCUT2D eigenvalue weighted by atomic mass is 16.7. The summed E-state index contributed by atoms with van der Waals surface area (Å²) < 4.78 is 0. The minimum Gasteiger partial charge on any atom is -0.336 e. The Bertz CT molecular complexity index is 903. The minimum absolute atomic E-state index is 0.157. The number of nitrogens with one attached hydrogen (secondary N) is 1. The SMILES string of the molecule is O=C(ON1C(=O)c2ccccc2C1=O)c1ccc(N2CCNC2=O)cc1. The Morgan fingerprint density at radius 2 is 1.54 bits per heavy atom. The Labute approximate surface area is 147 Å². The van der Waals surface area contributed by atoms with E-state index in [9.17, 15) is 19.2 Å². The van der Waals surface area contributed by atoms with Gasteiger partial charge in [-0.1, -0.05) is 17.2 Å². The van der Waals surface area contributed by atoms with Gasteiger partial charge in [-0.25, -0.2) is 9.59 Å². The van der Waals surface area contributed by atoms with Gasteiger partial charge in [-0.05, 0) is 36.4 Å². The van der Waals surface area contributed by atoms with Gasteiger partial charge in [0.2, 0.25) is 0 Å². The molecule has 0 spiro atoms. The van der Waals surface area contributed by atoms with Crippen molar-refractivity contribution < 1.29 is 24.0 Å². The van der Waals surface area contributed by atoms with Gasteiger partial charge < -0.3 is 10.2 Å². The minimum atomic E-state index is -0.836. The van der Waals surface area contributed by atoms with Crippen molar-refractivity contribution in [2.75, 3.05) is 18.0 Å². The maximum atomic E-state index is 12.3. The number of imide groups is 1. The summed E-state index contributed by atoms with van der Waals surface area (Å²) in [7, 11) is 0. The number of urea groups is 1. The van der Waals surface area contributed by atoms with Gasteiger partial charge >= 0.3 is 12.0 Å². The van der Waals surface area contributed by atoms with E-state index in [1.807, 2.05) is 0 Å². The molecule has 1 fully saturated rings. The van der Waals surface area contributed by atoms with E-state index in [1.165, 1.54) is 24.3 Å². The van der Waals surface area contributed by atoms with Crippen molar-refractivity contribution in [1.29, 1.82) is 0 Å². The molecule has 26 heavy (non-hydrogen) atoms. The zero-order valence-corrected chi connectivity index (χ0v) is 13.5. The molecule has 0 unspecified atom stereocenters. The molecule has 4 rings (SSSR count). The third-order valence-corrected chi connectivity index (χ3v) is 4.20. The highest BCUT2D eigenvalue weighted by Crippen LogP contribution is 2.24. The lowest BCUT2D eigenvalue weighted by Crippen LogP contribution is -2.32. The summed E-state index contributed by atoms with van der Waals surface area (Å²) in [6.45, 7) is 1.10. The van der Waals surface area contributed by atoms with Gasteiger partial charge in [0.15, 0.2) is 0 Å². The number of anilines is 1. The third-order valence-electron chi connectivity index (χ3n) is 4.20. The summed E-state index contributed by atoms with van der Waals surface area (Å²) in [5, 5.41) is 3.15. The van der Waals surface area contributed by atoms with Crippen LogP contribution in [0.2, 0.25) is 0 Å². The van der Waals surface area contributed by atoms with Crippen LogP contribution >= 0.6 is 0 Å². The molecule has 1 N–H and O–H groups in total. The van der Waals surface area contributed by atoms with Crippen molar-refractivity contribution in [1.82, 2.24) is 10.4 Å². The highest BCUT2D eigenvalue weighted by molar-refractivity contribution is 6.21. The fourth-order valence-electron chi connectivity index (χ4n) is 2.88. The lowest BCUT2D eigenvalue weighted by molar-refractivity contribution is -0.0584. The fourth-order valence-corrected chi connectivity index (χ4v) is 2.88. The van der Waals surface area contributed by atoms with E-state index in [1.54, 1.807) is 29.2 Å². The number of fused-ring (bicyclic) bond motifs is 1. The van der Waals surface area contributed by atoms with Crippen LogP contribution in [-0.2, 0) is 4.84 Å². The van der Waals surface area contributed by atoms with Crippen molar-refractivity contribution in [3.63, 3.8) is 0 Å². The Hall–Kier alpha value is -3.68.